The van der Waals surface area contributed by atoms with Gasteiger partial charge in [0.2, 0.25) is 0 Å². The van der Waals surface area contributed by atoms with Crippen molar-refractivity contribution in [3.05, 3.63) is 30.3 Å². The smallest absolute Gasteiger partial charge is 0.415 e. The number of piperazine rings is 1. The Balaban J connectivity index is 1.81. The maximum absolute atomic E-state index is 11.9. The fourth-order valence-electron chi connectivity index (χ4n) is 1.94. The van der Waals surface area contributed by atoms with Gasteiger partial charge in [-0.3, -0.25) is 0 Å². The number of carbonyl (C=O) groups is 2. The van der Waals surface area contributed by atoms with Gasteiger partial charge in [0.25, 0.3) is 0 Å². The van der Waals surface area contributed by atoms with Gasteiger partial charge in [0.05, 0.1) is 6.61 Å². The first kappa shape index (κ1) is 14.2. The van der Waals surface area contributed by atoms with Crippen LogP contribution >= 0.6 is 0 Å². The summed E-state index contributed by atoms with van der Waals surface area (Å²) in [6, 6.07) is 8.93. The minimum atomic E-state index is -0.389. The van der Waals surface area contributed by atoms with Gasteiger partial charge in [-0.15, -0.1) is 0 Å². The molecule has 0 radical (unpaired) electrons. The van der Waals surface area contributed by atoms with Crippen molar-refractivity contribution >= 4 is 12.2 Å². The van der Waals surface area contributed by atoms with E-state index in [0.717, 1.165) is 0 Å². The highest BCUT2D eigenvalue weighted by molar-refractivity contribution is 5.72. The number of hydrogen-bond acceptors (Lipinski definition) is 4. The molecule has 0 spiro atoms. The van der Waals surface area contributed by atoms with Crippen molar-refractivity contribution in [3.8, 4) is 5.75 Å². The molecule has 0 bridgehead atoms. The van der Waals surface area contributed by atoms with Crippen molar-refractivity contribution in [3.63, 3.8) is 0 Å². The van der Waals surface area contributed by atoms with Crippen molar-refractivity contribution < 1.29 is 19.1 Å². The summed E-state index contributed by atoms with van der Waals surface area (Å²) in [6.45, 7) is 3.95. The van der Waals surface area contributed by atoms with Crippen LogP contribution < -0.4 is 4.74 Å². The third-order valence-corrected chi connectivity index (χ3v) is 3.01. The summed E-state index contributed by atoms with van der Waals surface area (Å²) in [7, 11) is 0. The van der Waals surface area contributed by atoms with Crippen molar-refractivity contribution in [1.82, 2.24) is 9.80 Å². The van der Waals surface area contributed by atoms with Crippen molar-refractivity contribution in [2.24, 2.45) is 0 Å². The average Bonchev–Trinajstić information content (AvgIpc) is 2.48. The summed E-state index contributed by atoms with van der Waals surface area (Å²) in [5.41, 5.74) is 0. The monoisotopic (exact) mass is 278 g/mol. The topological polar surface area (TPSA) is 59.1 Å². The third kappa shape index (κ3) is 3.63. The van der Waals surface area contributed by atoms with Gasteiger partial charge in [0.15, 0.2) is 0 Å². The maximum Gasteiger partial charge on any atom is 0.415 e. The first-order chi connectivity index (χ1) is 9.70. The standard InChI is InChI=1S/C14H18N2O4/c1-2-19-13(17)15-8-10-16(11-9-15)14(18)20-12-6-4-3-5-7-12/h3-7H,2,8-11H2,1H3. The number of para-hydroxylation sites is 1. The zero-order chi connectivity index (χ0) is 14.4. The van der Waals surface area contributed by atoms with Crippen LogP contribution in [0.2, 0.25) is 0 Å². The van der Waals surface area contributed by atoms with Crippen LogP contribution in [0.5, 0.6) is 5.75 Å². The second-order valence-corrected chi connectivity index (χ2v) is 4.35. The lowest BCUT2D eigenvalue weighted by Crippen LogP contribution is -2.51. The molecule has 1 saturated heterocycles. The molecule has 1 heterocycles. The number of nitrogens with zero attached hydrogens (tertiary/aromatic N) is 2. The van der Waals surface area contributed by atoms with Gasteiger partial charge in [-0.25, -0.2) is 9.59 Å². The minimum absolute atomic E-state index is 0.330. The zero-order valence-corrected chi connectivity index (χ0v) is 11.4. The van der Waals surface area contributed by atoms with Crippen LogP contribution in [0.15, 0.2) is 30.3 Å². The predicted molar refractivity (Wildman–Crippen MR) is 72.6 cm³/mol. The fraction of sp³-hybridized carbons (Fsp3) is 0.429. The Bertz CT molecular complexity index is 456. The fourth-order valence-corrected chi connectivity index (χ4v) is 1.94. The van der Waals surface area contributed by atoms with Gasteiger partial charge in [0, 0.05) is 26.2 Å². The first-order valence-corrected chi connectivity index (χ1v) is 6.64. The van der Waals surface area contributed by atoms with E-state index in [1.807, 2.05) is 6.07 Å². The SMILES string of the molecule is CCOC(=O)N1CCN(C(=O)Oc2ccccc2)CC1. The Morgan fingerprint density at radius 2 is 1.55 bits per heavy atom. The summed E-state index contributed by atoms with van der Waals surface area (Å²) >= 11 is 0. The summed E-state index contributed by atoms with van der Waals surface area (Å²) in [4.78, 5) is 26.7. The second kappa shape index (κ2) is 6.79. The molecule has 6 nitrogen and oxygen atoms in total. The Morgan fingerprint density at radius 1 is 1.00 bits per heavy atom. The molecule has 1 aliphatic rings. The highest BCUT2D eigenvalue weighted by Crippen LogP contribution is 2.12. The second-order valence-electron chi connectivity index (χ2n) is 4.35. The first-order valence-electron chi connectivity index (χ1n) is 6.64. The summed E-state index contributed by atoms with van der Waals surface area (Å²) in [5, 5.41) is 0. The molecule has 0 unspecified atom stereocenters. The van der Waals surface area contributed by atoms with Gasteiger partial charge >= 0.3 is 12.2 Å². The van der Waals surface area contributed by atoms with Gasteiger partial charge in [-0.2, -0.15) is 0 Å². The molecule has 1 aromatic rings. The molecule has 0 aliphatic carbocycles. The van der Waals surface area contributed by atoms with Crippen LogP contribution in [0.1, 0.15) is 6.92 Å². The van der Waals surface area contributed by atoms with E-state index in [4.69, 9.17) is 9.47 Å². The van der Waals surface area contributed by atoms with Crippen molar-refractivity contribution in [2.75, 3.05) is 32.8 Å². The molecule has 1 fully saturated rings. The summed E-state index contributed by atoms with van der Waals surface area (Å²) in [5.74, 6) is 0.519. The number of rotatable bonds is 2. The molecular weight excluding hydrogens is 260 g/mol. The number of benzene rings is 1. The van der Waals surface area contributed by atoms with Crippen molar-refractivity contribution in [2.45, 2.75) is 6.92 Å². The van der Waals surface area contributed by atoms with Gasteiger partial charge in [0.1, 0.15) is 5.75 Å². The molecule has 0 N–H and O–H groups in total. The van der Waals surface area contributed by atoms with E-state index < -0.39 is 0 Å². The van der Waals surface area contributed by atoms with Gasteiger partial charge in [-0.05, 0) is 19.1 Å². The predicted octanol–water partition coefficient (Wildman–Crippen LogP) is 1.96. The Kier molecular flexibility index (Phi) is 4.81. The van der Waals surface area contributed by atoms with Gasteiger partial charge < -0.3 is 19.3 Å². The maximum atomic E-state index is 11.9. The van der Waals surface area contributed by atoms with Gasteiger partial charge in [-0.1, -0.05) is 18.2 Å². The zero-order valence-electron chi connectivity index (χ0n) is 11.4. The largest absolute Gasteiger partial charge is 0.450 e. The lowest BCUT2D eigenvalue weighted by molar-refractivity contribution is 0.0775. The van der Waals surface area contributed by atoms with Crippen LogP contribution in [-0.2, 0) is 4.74 Å². The van der Waals surface area contributed by atoms with E-state index >= 15 is 0 Å². The van der Waals surface area contributed by atoms with E-state index in [2.05, 4.69) is 0 Å². The quantitative estimate of drug-likeness (QED) is 0.829. The molecule has 1 aliphatic heterocycles. The summed E-state index contributed by atoms with van der Waals surface area (Å²) < 4.78 is 10.2. The Hall–Kier alpha value is -2.24. The highest BCUT2D eigenvalue weighted by Gasteiger charge is 2.25. The number of amides is 2. The normalized spacial score (nSPS) is 14.8. The van der Waals surface area contributed by atoms with E-state index in [-0.39, 0.29) is 12.2 Å². The van der Waals surface area contributed by atoms with E-state index in [1.165, 1.54) is 0 Å². The number of ether oxygens (including phenoxy) is 2. The molecule has 20 heavy (non-hydrogen) atoms. The van der Waals surface area contributed by atoms with Crippen molar-refractivity contribution in [1.29, 1.82) is 0 Å². The Labute approximate surface area is 117 Å². The number of carbonyl (C=O) groups excluding carboxylic acids is 2. The number of hydrogen-bond donors (Lipinski definition) is 0. The third-order valence-electron chi connectivity index (χ3n) is 3.01. The molecule has 1 aromatic carbocycles. The van der Waals surface area contributed by atoms with E-state index in [1.54, 1.807) is 41.0 Å². The van der Waals surface area contributed by atoms with Crippen LogP contribution in [0.25, 0.3) is 0 Å². The molecule has 2 rings (SSSR count). The summed E-state index contributed by atoms with van der Waals surface area (Å²) in [6.07, 6.45) is -0.719. The minimum Gasteiger partial charge on any atom is -0.450 e. The molecule has 0 atom stereocenters. The van der Waals surface area contributed by atoms with Crippen LogP contribution in [0, 0.1) is 0 Å². The Morgan fingerprint density at radius 3 is 2.10 bits per heavy atom. The lowest BCUT2D eigenvalue weighted by atomic mass is 10.3. The molecular formula is C14H18N2O4. The van der Waals surface area contributed by atoms with E-state index in [0.29, 0.717) is 38.5 Å². The van der Waals surface area contributed by atoms with Crippen LogP contribution in [-0.4, -0.2) is 54.8 Å². The molecule has 2 amide bonds. The highest BCUT2D eigenvalue weighted by atomic mass is 16.6. The molecule has 0 saturated carbocycles. The van der Waals surface area contributed by atoms with Crippen LogP contribution in [0.3, 0.4) is 0 Å². The lowest BCUT2D eigenvalue weighted by Gasteiger charge is -2.33. The van der Waals surface area contributed by atoms with E-state index in [9.17, 15) is 9.59 Å². The molecule has 0 aromatic heterocycles. The molecule has 108 valence electrons. The van der Waals surface area contributed by atoms with Crippen LogP contribution in [0.4, 0.5) is 9.59 Å². The molecule has 6 heteroatoms. The average molecular weight is 278 g/mol.